The molecule has 0 bridgehead atoms. The standard InChI is InChI=1S/C18H13FN2O4/c1-24-18(23)13-4-2-3-5-14(13)20-17(22)15-10-16(25-21-15)11-6-8-12(19)9-7-11/h2-10H,1H3,(H,20,22). The summed E-state index contributed by atoms with van der Waals surface area (Å²) in [4.78, 5) is 24.1. The summed E-state index contributed by atoms with van der Waals surface area (Å²) in [6.45, 7) is 0. The molecule has 0 atom stereocenters. The number of benzene rings is 2. The van der Waals surface area contributed by atoms with Crippen LogP contribution in [0.4, 0.5) is 10.1 Å². The van der Waals surface area contributed by atoms with Crippen LogP contribution in [0.3, 0.4) is 0 Å². The maximum Gasteiger partial charge on any atom is 0.339 e. The lowest BCUT2D eigenvalue weighted by atomic mass is 10.1. The third-order valence-corrected chi connectivity index (χ3v) is 3.45. The van der Waals surface area contributed by atoms with Gasteiger partial charge in [-0.25, -0.2) is 9.18 Å². The van der Waals surface area contributed by atoms with E-state index in [4.69, 9.17) is 4.52 Å². The number of para-hydroxylation sites is 1. The number of carbonyl (C=O) groups excluding carboxylic acids is 2. The van der Waals surface area contributed by atoms with Crippen LogP contribution in [0.1, 0.15) is 20.8 Å². The Bertz CT molecular complexity index is 919. The van der Waals surface area contributed by atoms with Gasteiger partial charge in [0.2, 0.25) is 0 Å². The second-order valence-corrected chi connectivity index (χ2v) is 5.07. The zero-order chi connectivity index (χ0) is 17.8. The highest BCUT2D eigenvalue weighted by atomic mass is 19.1. The quantitative estimate of drug-likeness (QED) is 0.735. The monoisotopic (exact) mass is 340 g/mol. The number of methoxy groups -OCH3 is 1. The Morgan fingerprint density at radius 2 is 1.84 bits per heavy atom. The number of halogens is 1. The van der Waals surface area contributed by atoms with E-state index in [1.54, 1.807) is 18.2 Å². The lowest BCUT2D eigenvalue weighted by Gasteiger charge is -2.07. The molecule has 0 aliphatic carbocycles. The van der Waals surface area contributed by atoms with Gasteiger partial charge in [0.25, 0.3) is 5.91 Å². The number of esters is 1. The molecule has 7 heteroatoms. The molecule has 1 heterocycles. The summed E-state index contributed by atoms with van der Waals surface area (Å²) in [7, 11) is 1.26. The van der Waals surface area contributed by atoms with E-state index in [0.29, 0.717) is 17.0 Å². The summed E-state index contributed by atoms with van der Waals surface area (Å²) in [5.74, 6) is -1.16. The molecule has 126 valence electrons. The molecule has 0 radical (unpaired) electrons. The van der Waals surface area contributed by atoms with Gasteiger partial charge in [0.15, 0.2) is 11.5 Å². The van der Waals surface area contributed by atoms with Gasteiger partial charge < -0.3 is 14.6 Å². The molecule has 1 amide bonds. The number of carbonyl (C=O) groups is 2. The molecule has 1 aromatic heterocycles. The zero-order valence-electron chi connectivity index (χ0n) is 13.2. The Labute approximate surface area is 142 Å². The Hall–Kier alpha value is -3.48. The Morgan fingerprint density at radius 1 is 1.12 bits per heavy atom. The van der Waals surface area contributed by atoms with E-state index < -0.39 is 11.9 Å². The maximum atomic E-state index is 13.0. The minimum Gasteiger partial charge on any atom is -0.465 e. The van der Waals surface area contributed by atoms with Crippen LogP contribution in [-0.4, -0.2) is 24.1 Å². The highest BCUT2D eigenvalue weighted by molar-refractivity contribution is 6.07. The number of hydrogen-bond donors (Lipinski definition) is 1. The summed E-state index contributed by atoms with van der Waals surface area (Å²) < 4.78 is 22.8. The van der Waals surface area contributed by atoms with Crippen LogP contribution in [0.2, 0.25) is 0 Å². The van der Waals surface area contributed by atoms with E-state index in [2.05, 4.69) is 15.2 Å². The molecule has 25 heavy (non-hydrogen) atoms. The van der Waals surface area contributed by atoms with Gasteiger partial charge in [-0.15, -0.1) is 0 Å². The van der Waals surface area contributed by atoms with Crippen LogP contribution in [0, 0.1) is 5.82 Å². The second kappa shape index (κ2) is 6.96. The molecule has 0 fully saturated rings. The normalized spacial score (nSPS) is 10.3. The summed E-state index contributed by atoms with van der Waals surface area (Å²) in [5.41, 5.74) is 1.13. The van der Waals surface area contributed by atoms with Crippen molar-refractivity contribution < 1.29 is 23.2 Å². The molecule has 0 aliphatic heterocycles. The molecule has 0 spiro atoms. The summed E-state index contributed by atoms with van der Waals surface area (Å²) >= 11 is 0. The summed E-state index contributed by atoms with van der Waals surface area (Å²) in [5, 5.41) is 6.30. The highest BCUT2D eigenvalue weighted by Gasteiger charge is 2.17. The van der Waals surface area contributed by atoms with E-state index in [1.165, 1.54) is 43.5 Å². The van der Waals surface area contributed by atoms with Gasteiger partial charge in [-0.1, -0.05) is 17.3 Å². The van der Waals surface area contributed by atoms with Crippen molar-refractivity contribution >= 4 is 17.6 Å². The average molecular weight is 340 g/mol. The van der Waals surface area contributed by atoms with Crippen LogP contribution in [0.25, 0.3) is 11.3 Å². The predicted octanol–water partition coefficient (Wildman–Crippen LogP) is 3.52. The molecule has 3 rings (SSSR count). The van der Waals surface area contributed by atoms with Crippen molar-refractivity contribution in [1.82, 2.24) is 5.16 Å². The molecule has 1 N–H and O–H groups in total. The van der Waals surface area contributed by atoms with Crippen molar-refractivity contribution in [2.45, 2.75) is 0 Å². The number of nitrogens with zero attached hydrogens (tertiary/aromatic N) is 1. The lowest BCUT2D eigenvalue weighted by molar-refractivity contribution is 0.0602. The molecule has 3 aromatic rings. The van der Waals surface area contributed by atoms with Crippen molar-refractivity contribution in [3.05, 3.63) is 71.7 Å². The number of hydrogen-bond acceptors (Lipinski definition) is 5. The number of aromatic nitrogens is 1. The van der Waals surface area contributed by atoms with Gasteiger partial charge in [0.1, 0.15) is 5.82 Å². The van der Waals surface area contributed by atoms with Crippen LogP contribution < -0.4 is 5.32 Å². The number of ether oxygens (including phenoxy) is 1. The second-order valence-electron chi connectivity index (χ2n) is 5.07. The summed E-state index contributed by atoms with van der Waals surface area (Å²) in [6.07, 6.45) is 0. The van der Waals surface area contributed by atoms with Gasteiger partial charge in [-0.05, 0) is 36.4 Å². The first kappa shape index (κ1) is 16.4. The van der Waals surface area contributed by atoms with Crippen molar-refractivity contribution in [2.24, 2.45) is 0 Å². The van der Waals surface area contributed by atoms with Crippen molar-refractivity contribution in [3.8, 4) is 11.3 Å². The third kappa shape index (κ3) is 3.55. The van der Waals surface area contributed by atoms with Gasteiger partial charge in [0, 0.05) is 11.6 Å². The molecule has 2 aromatic carbocycles. The predicted molar refractivity (Wildman–Crippen MR) is 87.6 cm³/mol. The number of nitrogens with one attached hydrogen (secondary N) is 1. The molecule has 0 saturated heterocycles. The number of rotatable bonds is 4. The lowest BCUT2D eigenvalue weighted by Crippen LogP contribution is -2.15. The minimum atomic E-state index is -0.567. The fraction of sp³-hybridized carbons (Fsp3) is 0.0556. The smallest absolute Gasteiger partial charge is 0.339 e. The number of amides is 1. The molecule has 6 nitrogen and oxygen atoms in total. The van der Waals surface area contributed by atoms with E-state index in [-0.39, 0.29) is 17.1 Å². The van der Waals surface area contributed by atoms with Gasteiger partial charge in [0.05, 0.1) is 18.4 Å². The maximum absolute atomic E-state index is 13.0. The first-order chi connectivity index (χ1) is 12.1. The molecule has 0 aliphatic rings. The van der Waals surface area contributed by atoms with Crippen molar-refractivity contribution in [1.29, 1.82) is 0 Å². The number of anilines is 1. The van der Waals surface area contributed by atoms with Crippen molar-refractivity contribution in [2.75, 3.05) is 12.4 Å². The fourth-order valence-corrected chi connectivity index (χ4v) is 2.20. The van der Waals surface area contributed by atoms with E-state index in [1.807, 2.05) is 0 Å². The first-order valence-electron chi connectivity index (χ1n) is 7.30. The first-order valence-corrected chi connectivity index (χ1v) is 7.30. The topological polar surface area (TPSA) is 81.4 Å². The SMILES string of the molecule is COC(=O)c1ccccc1NC(=O)c1cc(-c2ccc(F)cc2)on1. The zero-order valence-corrected chi connectivity index (χ0v) is 13.2. The minimum absolute atomic E-state index is 0.0268. The van der Waals surface area contributed by atoms with Crippen LogP contribution in [0.15, 0.2) is 59.1 Å². The van der Waals surface area contributed by atoms with E-state index >= 15 is 0 Å². The Balaban J connectivity index is 1.81. The summed E-state index contributed by atoms with van der Waals surface area (Å²) in [6, 6.07) is 13.5. The largest absolute Gasteiger partial charge is 0.465 e. The van der Waals surface area contributed by atoms with Gasteiger partial charge in [-0.2, -0.15) is 0 Å². The molecular weight excluding hydrogens is 327 g/mol. The molecule has 0 unspecified atom stereocenters. The third-order valence-electron chi connectivity index (χ3n) is 3.45. The van der Waals surface area contributed by atoms with Crippen LogP contribution in [-0.2, 0) is 4.74 Å². The Morgan fingerprint density at radius 3 is 2.56 bits per heavy atom. The fourth-order valence-electron chi connectivity index (χ4n) is 2.20. The average Bonchev–Trinajstić information content (AvgIpc) is 3.12. The van der Waals surface area contributed by atoms with Gasteiger partial charge in [-0.3, -0.25) is 4.79 Å². The van der Waals surface area contributed by atoms with E-state index in [9.17, 15) is 14.0 Å². The highest BCUT2D eigenvalue weighted by Crippen LogP contribution is 2.22. The molecule has 0 saturated carbocycles. The van der Waals surface area contributed by atoms with Gasteiger partial charge >= 0.3 is 5.97 Å². The van der Waals surface area contributed by atoms with Crippen LogP contribution >= 0.6 is 0 Å². The van der Waals surface area contributed by atoms with Crippen molar-refractivity contribution in [3.63, 3.8) is 0 Å². The van der Waals surface area contributed by atoms with E-state index in [0.717, 1.165) is 0 Å². The Kier molecular flexibility index (Phi) is 4.56. The molecular formula is C18H13FN2O4. The van der Waals surface area contributed by atoms with Crippen LogP contribution in [0.5, 0.6) is 0 Å².